The van der Waals surface area contributed by atoms with E-state index in [1.54, 1.807) is 0 Å². The highest BCUT2D eigenvalue weighted by atomic mass is 16.6. The molecule has 10 heteroatoms. The molecule has 33 heavy (non-hydrogen) atoms. The smallest absolute Gasteiger partial charge is 0.330 e. The molecule has 172 valence electrons. The first kappa shape index (κ1) is 24.9. The Hall–Kier alpha value is -4.34. The predicted octanol–water partition coefficient (Wildman–Crippen LogP) is 4.49. The fraction of sp³-hybridized carbons (Fsp3) is 0.217. The standard InChI is InChI=1S/C23H22N2O8/c26-22(14-8-18-4-10-20(11-5-18)24(28)29)32-16-2-1-3-17-33-23(27)15-9-19-6-12-21(13-7-19)25(30)31/h4-15H,1-3,16-17H2/b14-8+,15-9+. The second-order valence-electron chi connectivity index (χ2n) is 6.76. The zero-order valence-electron chi connectivity index (χ0n) is 17.6. The molecule has 2 aromatic carbocycles. The summed E-state index contributed by atoms with van der Waals surface area (Å²) < 4.78 is 10.1. The fourth-order valence-electron chi connectivity index (χ4n) is 2.57. The summed E-state index contributed by atoms with van der Waals surface area (Å²) in [5.74, 6) is -1.03. The third-order valence-electron chi connectivity index (χ3n) is 4.31. The molecule has 0 atom stereocenters. The number of rotatable bonds is 12. The Kier molecular flexibility index (Phi) is 9.94. The molecule has 10 nitrogen and oxygen atoms in total. The molecule has 0 aliphatic heterocycles. The summed E-state index contributed by atoms with van der Waals surface area (Å²) in [7, 11) is 0. The fourth-order valence-corrected chi connectivity index (χ4v) is 2.57. The molecule has 2 aromatic rings. The van der Waals surface area contributed by atoms with E-state index >= 15 is 0 Å². The molecule has 0 bridgehead atoms. The average molecular weight is 454 g/mol. The van der Waals surface area contributed by atoms with E-state index in [4.69, 9.17) is 9.47 Å². The Labute approximate surface area is 189 Å². The van der Waals surface area contributed by atoms with Gasteiger partial charge in [-0.1, -0.05) is 0 Å². The zero-order valence-corrected chi connectivity index (χ0v) is 17.6. The lowest BCUT2D eigenvalue weighted by atomic mass is 10.2. The van der Waals surface area contributed by atoms with Crippen LogP contribution >= 0.6 is 0 Å². The van der Waals surface area contributed by atoms with Crippen molar-refractivity contribution in [3.8, 4) is 0 Å². The summed E-state index contributed by atoms with van der Waals surface area (Å²) in [6, 6.07) is 11.5. The second kappa shape index (κ2) is 13.2. The van der Waals surface area contributed by atoms with Crippen LogP contribution in [0, 0.1) is 20.2 Å². The highest BCUT2D eigenvalue weighted by Gasteiger charge is 2.04. The van der Waals surface area contributed by atoms with E-state index in [1.807, 2.05) is 0 Å². The molecule has 0 amide bonds. The molecule has 0 saturated heterocycles. The third kappa shape index (κ3) is 9.55. The molecule has 0 unspecified atom stereocenters. The van der Waals surface area contributed by atoms with Crippen molar-refractivity contribution >= 4 is 35.5 Å². The molecule has 2 rings (SSSR count). The lowest BCUT2D eigenvalue weighted by Crippen LogP contribution is -2.04. The zero-order chi connectivity index (χ0) is 24.1. The first-order chi connectivity index (χ1) is 15.8. The highest BCUT2D eigenvalue weighted by molar-refractivity contribution is 5.87. The van der Waals surface area contributed by atoms with Gasteiger partial charge < -0.3 is 9.47 Å². The van der Waals surface area contributed by atoms with Crippen molar-refractivity contribution in [3.05, 3.63) is 92.0 Å². The quantitative estimate of drug-likeness (QED) is 0.150. The maximum absolute atomic E-state index is 11.7. The van der Waals surface area contributed by atoms with Crippen LogP contribution in [0.1, 0.15) is 30.4 Å². The number of unbranched alkanes of at least 4 members (excludes halogenated alkanes) is 2. The molecular formula is C23H22N2O8. The van der Waals surface area contributed by atoms with Crippen molar-refractivity contribution in [2.24, 2.45) is 0 Å². The minimum atomic E-state index is -0.517. The van der Waals surface area contributed by atoms with Crippen molar-refractivity contribution in [1.82, 2.24) is 0 Å². The maximum Gasteiger partial charge on any atom is 0.330 e. The van der Waals surface area contributed by atoms with Gasteiger partial charge in [0.2, 0.25) is 0 Å². The number of nitro groups is 2. The third-order valence-corrected chi connectivity index (χ3v) is 4.31. The average Bonchev–Trinajstić information content (AvgIpc) is 2.81. The van der Waals surface area contributed by atoms with Crippen LogP contribution < -0.4 is 0 Å². The van der Waals surface area contributed by atoms with Gasteiger partial charge in [0.05, 0.1) is 23.1 Å². The number of ether oxygens (including phenoxy) is 2. The number of hydrogen-bond acceptors (Lipinski definition) is 8. The first-order valence-electron chi connectivity index (χ1n) is 10.0. The van der Waals surface area contributed by atoms with E-state index in [1.165, 1.54) is 72.8 Å². The Morgan fingerprint density at radius 1 is 0.667 bits per heavy atom. The lowest BCUT2D eigenvalue weighted by Gasteiger charge is -2.03. The Bertz CT molecular complexity index is 944. The van der Waals surface area contributed by atoms with E-state index in [-0.39, 0.29) is 24.6 Å². The number of esters is 2. The number of carbonyl (C=O) groups is 2. The lowest BCUT2D eigenvalue weighted by molar-refractivity contribution is -0.385. The summed E-state index contributed by atoms with van der Waals surface area (Å²) >= 11 is 0. The Morgan fingerprint density at radius 3 is 1.36 bits per heavy atom. The van der Waals surface area contributed by atoms with Crippen molar-refractivity contribution in [3.63, 3.8) is 0 Å². The molecule has 0 heterocycles. The van der Waals surface area contributed by atoms with Gasteiger partial charge in [-0.25, -0.2) is 9.59 Å². The van der Waals surface area contributed by atoms with E-state index in [9.17, 15) is 29.8 Å². The molecule has 0 fully saturated rings. The summed E-state index contributed by atoms with van der Waals surface area (Å²) in [6.45, 7) is 0.439. The SMILES string of the molecule is O=C(/C=C/c1ccc([N+](=O)[O-])cc1)OCCCCCOC(=O)/C=C/c1ccc([N+](=O)[O-])cc1. The summed E-state index contributed by atoms with van der Waals surface area (Å²) in [5, 5.41) is 21.2. The summed E-state index contributed by atoms with van der Waals surface area (Å²) in [4.78, 5) is 43.6. The van der Waals surface area contributed by atoms with Crippen LogP contribution in [-0.2, 0) is 19.1 Å². The number of hydrogen-bond donors (Lipinski definition) is 0. The molecule has 0 spiro atoms. The van der Waals surface area contributed by atoms with Gasteiger partial charge in [-0.3, -0.25) is 20.2 Å². The highest BCUT2D eigenvalue weighted by Crippen LogP contribution is 2.14. The second-order valence-corrected chi connectivity index (χ2v) is 6.76. The minimum absolute atomic E-state index is 0.0269. The van der Waals surface area contributed by atoms with E-state index in [2.05, 4.69) is 0 Å². The number of nitro benzene ring substituents is 2. The van der Waals surface area contributed by atoms with Crippen LogP contribution in [-0.4, -0.2) is 35.0 Å². The van der Waals surface area contributed by atoms with Crippen LogP contribution in [0.2, 0.25) is 0 Å². The van der Waals surface area contributed by atoms with Crippen molar-refractivity contribution in [2.45, 2.75) is 19.3 Å². The molecular weight excluding hydrogens is 432 g/mol. The van der Waals surface area contributed by atoms with E-state index < -0.39 is 21.8 Å². The number of carbonyl (C=O) groups excluding carboxylic acids is 2. The Morgan fingerprint density at radius 2 is 1.03 bits per heavy atom. The van der Waals surface area contributed by atoms with Gasteiger partial charge in [0.25, 0.3) is 11.4 Å². The normalized spacial score (nSPS) is 10.9. The molecule has 0 aromatic heterocycles. The van der Waals surface area contributed by atoms with Crippen LogP contribution in [0.4, 0.5) is 11.4 Å². The molecule has 0 aliphatic rings. The maximum atomic E-state index is 11.7. The largest absolute Gasteiger partial charge is 0.463 e. The van der Waals surface area contributed by atoms with Gasteiger partial charge in [0.1, 0.15) is 0 Å². The summed E-state index contributed by atoms with van der Waals surface area (Å²) in [5.41, 5.74) is 1.23. The van der Waals surface area contributed by atoms with Crippen LogP contribution in [0.5, 0.6) is 0 Å². The summed E-state index contributed by atoms with van der Waals surface area (Å²) in [6.07, 6.45) is 7.42. The topological polar surface area (TPSA) is 139 Å². The predicted molar refractivity (Wildman–Crippen MR) is 120 cm³/mol. The van der Waals surface area contributed by atoms with Gasteiger partial charge in [0.15, 0.2) is 0 Å². The van der Waals surface area contributed by atoms with Gasteiger partial charge in [-0.05, 0) is 66.8 Å². The van der Waals surface area contributed by atoms with Crippen LogP contribution in [0.25, 0.3) is 12.2 Å². The van der Waals surface area contributed by atoms with Crippen molar-refractivity contribution in [1.29, 1.82) is 0 Å². The van der Waals surface area contributed by atoms with Crippen molar-refractivity contribution in [2.75, 3.05) is 13.2 Å². The molecule has 0 radical (unpaired) electrons. The van der Waals surface area contributed by atoms with E-state index in [0.29, 0.717) is 30.4 Å². The number of nitrogens with zero attached hydrogens (tertiary/aromatic N) is 2. The van der Waals surface area contributed by atoms with Crippen LogP contribution in [0.15, 0.2) is 60.7 Å². The van der Waals surface area contributed by atoms with Gasteiger partial charge in [0, 0.05) is 36.4 Å². The molecule has 0 saturated carbocycles. The van der Waals surface area contributed by atoms with Gasteiger partial charge in [-0.15, -0.1) is 0 Å². The van der Waals surface area contributed by atoms with Crippen molar-refractivity contribution < 1.29 is 28.9 Å². The first-order valence-corrected chi connectivity index (χ1v) is 10.0. The number of benzene rings is 2. The van der Waals surface area contributed by atoms with Gasteiger partial charge >= 0.3 is 11.9 Å². The molecule has 0 aliphatic carbocycles. The number of non-ortho nitro benzene ring substituents is 2. The van der Waals surface area contributed by atoms with Crippen LogP contribution in [0.3, 0.4) is 0 Å². The monoisotopic (exact) mass is 454 g/mol. The molecule has 0 N–H and O–H groups in total. The minimum Gasteiger partial charge on any atom is -0.463 e. The van der Waals surface area contributed by atoms with E-state index in [0.717, 1.165) is 0 Å². The Balaban J connectivity index is 1.56. The van der Waals surface area contributed by atoms with Gasteiger partial charge in [-0.2, -0.15) is 0 Å².